The van der Waals surface area contributed by atoms with Gasteiger partial charge in [0.05, 0.1) is 19.2 Å². The number of guanidine groups is 1. The molecule has 1 amide bonds. The highest BCUT2D eigenvalue weighted by Crippen LogP contribution is 2.36. The Hall–Kier alpha value is -1.46. The summed E-state index contributed by atoms with van der Waals surface area (Å²) in [7, 11) is 0. The maximum Gasteiger partial charge on any atom is 0.413 e. The number of ether oxygens (including phenoxy) is 1. The second-order valence-corrected chi connectivity index (χ2v) is 5.26. The molecule has 1 N–H and O–H groups in total. The van der Waals surface area contributed by atoms with Crippen LogP contribution in [-0.2, 0) is 4.74 Å². The number of nitrogens with zero attached hydrogens (tertiary/aromatic N) is 2. The monoisotopic (exact) mass is 329 g/mol. The van der Waals surface area contributed by atoms with Crippen molar-refractivity contribution >= 4 is 35.3 Å². The molecule has 0 saturated heterocycles. The Kier molecular flexibility index (Phi) is 5.31. The molecule has 0 fully saturated rings. The minimum Gasteiger partial charge on any atom is -0.450 e. The largest absolute Gasteiger partial charge is 0.450 e. The lowest BCUT2D eigenvalue weighted by molar-refractivity contribution is 0.156. The third kappa shape index (κ3) is 3.41. The molecule has 0 radical (unpaired) electrons. The molecule has 1 heterocycles. The van der Waals surface area contributed by atoms with Crippen molar-refractivity contribution < 1.29 is 9.53 Å². The molecule has 1 aliphatic rings. The molecule has 7 heteroatoms. The maximum absolute atomic E-state index is 11.5. The van der Waals surface area contributed by atoms with E-state index in [4.69, 9.17) is 27.9 Å². The molecular weight excluding hydrogens is 313 g/mol. The highest BCUT2D eigenvalue weighted by molar-refractivity contribution is 6.36. The molecule has 2 rings (SSSR count). The highest BCUT2D eigenvalue weighted by atomic mass is 35.5. The highest BCUT2D eigenvalue weighted by Gasteiger charge is 2.31. The van der Waals surface area contributed by atoms with E-state index in [0.29, 0.717) is 35.7 Å². The van der Waals surface area contributed by atoms with E-state index in [1.165, 1.54) is 0 Å². The summed E-state index contributed by atoms with van der Waals surface area (Å²) >= 11 is 12.5. The van der Waals surface area contributed by atoms with Gasteiger partial charge in [0, 0.05) is 22.2 Å². The van der Waals surface area contributed by atoms with E-state index >= 15 is 0 Å². The van der Waals surface area contributed by atoms with Crippen molar-refractivity contribution in [2.45, 2.75) is 19.9 Å². The van der Waals surface area contributed by atoms with Gasteiger partial charge in [0.15, 0.2) is 0 Å². The van der Waals surface area contributed by atoms with Crippen LogP contribution in [0.4, 0.5) is 4.79 Å². The van der Waals surface area contributed by atoms with E-state index in [0.717, 1.165) is 5.56 Å². The molecule has 0 spiro atoms. The van der Waals surface area contributed by atoms with Crippen LogP contribution in [0.3, 0.4) is 0 Å². The Balaban J connectivity index is 2.20. The van der Waals surface area contributed by atoms with Gasteiger partial charge in [-0.2, -0.15) is 0 Å². The first-order valence-electron chi connectivity index (χ1n) is 6.77. The Morgan fingerprint density at radius 1 is 1.43 bits per heavy atom. The third-order valence-electron chi connectivity index (χ3n) is 3.23. The quantitative estimate of drug-likeness (QED) is 0.923. The predicted molar refractivity (Wildman–Crippen MR) is 84.0 cm³/mol. The number of amides is 1. The zero-order valence-corrected chi connectivity index (χ0v) is 13.4. The first-order chi connectivity index (χ1) is 10.1. The SMILES string of the molecule is CCOC(=O)NC1=NCC(c2c(Cl)cccc2Cl)N1CC. The average Bonchev–Trinajstić information content (AvgIpc) is 2.81. The summed E-state index contributed by atoms with van der Waals surface area (Å²) in [6.07, 6.45) is -0.513. The lowest BCUT2D eigenvalue weighted by atomic mass is 10.1. The molecule has 1 unspecified atom stereocenters. The van der Waals surface area contributed by atoms with Crippen molar-refractivity contribution in [2.24, 2.45) is 4.99 Å². The molecule has 0 aromatic heterocycles. The van der Waals surface area contributed by atoms with Gasteiger partial charge in [-0.25, -0.2) is 4.79 Å². The Morgan fingerprint density at radius 3 is 2.67 bits per heavy atom. The van der Waals surface area contributed by atoms with Crippen LogP contribution in [0.5, 0.6) is 0 Å². The molecule has 21 heavy (non-hydrogen) atoms. The van der Waals surface area contributed by atoms with E-state index in [2.05, 4.69) is 10.3 Å². The molecular formula is C14H17Cl2N3O2. The van der Waals surface area contributed by atoms with Crippen LogP contribution in [0.15, 0.2) is 23.2 Å². The van der Waals surface area contributed by atoms with Crippen molar-refractivity contribution in [2.75, 3.05) is 19.7 Å². The smallest absolute Gasteiger partial charge is 0.413 e. The van der Waals surface area contributed by atoms with Gasteiger partial charge in [-0.15, -0.1) is 0 Å². The van der Waals surface area contributed by atoms with E-state index in [9.17, 15) is 4.79 Å². The topological polar surface area (TPSA) is 53.9 Å². The number of nitrogens with one attached hydrogen (secondary N) is 1. The van der Waals surface area contributed by atoms with Gasteiger partial charge in [0.25, 0.3) is 0 Å². The fourth-order valence-corrected chi connectivity index (χ4v) is 2.98. The van der Waals surface area contributed by atoms with Gasteiger partial charge in [0.1, 0.15) is 0 Å². The second-order valence-electron chi connectivity index (χ2n) is 4.45. The number of likely N-dealkylation sites (N-methyl/N-ethyl adjacent to an activating group) is 1. The number of carbonyl (C=O) groups excluding carboxylic acids is 1. The second kappa shape index (κ2) is 7.00. The van der Waals surface area contributed by atoms with Crippen molar-refractivity contribution in [3.05, 3.63) is 33.8 Å². The fraction of sp³-hybridized carbons (Fsp3) is 0.429. The zero-order valence-electron chi connectivity index (χ0n) is 11.9. The molecule has 0 bridgehead atoms. The Morgan fingerprint density at radius 2 is 2.10 bits per heavy atom. The zero-order chi connectivity index (χ0) is 15.4. The number of carbonyl (C=O) groups is 1. The van der Waals surface area contributed by atoms with E-state index < -0.39 is 6.09 Å². The molecule has 0 saturated carbocycles. The van der Waals surface area contributed by atoms with Gasteiger partial charge < -0.3 is 9.64 Å². The molecule has 5 nitrogen and oxygen atoms in total. The van der Waals surface area contributed by atoms with Gasteiger partial charge >= 0.3 is 6.09 Å². The molecule has 1 aromatic rings. The number of aliphatic imine (C=N–C) groups is 1. The third-order valence-corrected chi connectivity index (χ3v) is 3.88. The maximum atomic E-state index is 11.5. The Labute approximate surface area is 133 Å². The van der Waals surface area contributed by atoms with Crippen molar-refractivity contribution in [1.29, 1.82) is 0 Å². The number of hydrogen-bond donors (Lipinski definition) is 1. The molecule has 1 aromatic carbocycles. The molecule has 1 atom stereocenters. The first-order valence-corrected chi connectivity index (χ1v) is 7.52. The molecule has 0 aliphatic carbocycles. The van der Waals surface area contributed by atoms with E-state index in [-0.39, 0.29) is 6.04 Å². The number of alkyl carbamates (subject to hydrolysis) is 1. The summed E-state index contributed by atoms with van der Waals surface area (Å²) < 4.78 is 4.88. The molecule has 1 aliphatic heterocycles. The number of hydrogen-bond acceptors (Lipinski definition) is 4. The van der Waals surface area contributed by atoms with Crippen molar-refractivity contribution in [3.63, 3.8) is 0 Å². The Bertz CT molecular complexity index is 543. The van der Waals surface area contributed by atoms with Crippen LogP contribution in [0.2, 0.25) is 10.0 Å². The minimum atomic E-state index is -0.513. The van der Waals surface area contributed by atoms with Crippen molar-refractivity contribution in [3.8, 4) is 0 Å². The van der Waals surface area contributed by atoms with Gasteiger partial charge in [-0.05, 0) is 26.0 Å². The lowest BCUT2D eigenvalue weighted by Crippen LogP contribution is -2.42. The fourth-order valence-electron chi connectivity index (χ4n) is 2.33. The van der Waals surface area contributed by atoms with Crippen LogP contribution < -0.4 is 5.32 Å². The minimum absolute atomic E-state index is 0.0897. The predicted octanol–water partition coefficient (Wildman–Crippen LogP) is 3.47. The van der Waals surface area contributed by atoms with E-state index in [1.807, 2.05) is 11.8 Å². The van der Waals surface area contributed by atoms with Gasteiger partial charge in [-0.1, -0.05) is 29.3 Å². The van der Waals surface area contributed by atoms with Crippen molar-refractivity contribution in [1.82, 2.24) is 10.2 Å². The standard InChI is InChI=1S/C14H17Cl2N3O2/c1-3-19-11(12-9(15)6-5-7-10(12)16)8-17-13(19)18-14(20)21-4-2/h5-7,11H,3-4,8H2,1-2H3,(H,17,18,20). The number of halogens is 2. The summed E-state index contributed by atoms with van der Waals surface area (Å²) in [5, 5.41) is 3.84. The van der Waals surface area contributed by atoms with E-state index in [1.54, 1.807) is 25.1 Å². The summed E-state index contributed by atoms with van der Waals surface area (Å²) in [5.74, 6) is 0.483. The van der Waals surface area contributed by atoms with Crippen LogP contribution in [0.1, 0.15) is 25.5 Å². The van der Waals surface area contributed by atoms with Gasteiger partial charge in [-0.3, -0.25) is 10.3 Å². The normalized spacial score (nSPS) is 17.6. The summed E-state index contributed by atoms with van der Waals surface area (Å²) in [6, 6.07) is 5.31. The average molecular weight is 330 g/mol. The summed E-state index contributed by atoms with van der Waals surface area (Å²) in [4.78, 5) is 17.9. The number of rotatable bonds is 3. The molecule has 114 valence electrons. The first kappa shape index (κ1) is 15.9. The van der Waals surface area contributed by atoms with Gasteiger partial charge in [0.2, 0.25) is 5.96 Å². The number of benzene rings is 1. The van der Waals surface area contributed by atoms with Crippen LogP contribution in [0, 0.1) is 0 Å². The summed E-state index contributed by atoms with van der Waals surface area (Å²) in [6.45, 7) is 5.19. The lowest BCUT2D eigenvalue weighted by Gasteiger charge is -2.27. The summed E-state index contributed by atoms with van der Waals surface area (Å²) in [5.41, 5.74) is 0.826. The van der Waals surface area contributed by atoms with Crippen LogP contribution in [-0.4, -0.2) is 36.6 Å². The van der Waals surface area contributed by atoms with Crippen LogP contribution >= 0.6 is 23.2 Å². The van der Waals surface area contributed by atoms with Crippen LogP contribution in [0.25, 0.3) is 0 Å².